The minimum absolute atomic E-state index is 0.316. The summed E-state index contributed by atoms with van der Waals surface area (Å²) >= 11 is 0. The maximum Gasteiger partial charge on any atom is 0.0720 e. The van der Waals surface area contributed by atoms with Gasteiger partial charge < -0.3 is 4.74 Å². The van der Waals surface area contributed by atoms with E-state index in [1.807, 2.05) is 12.2 Å². The van der Waals surface area contributed by atoms with Crippen LogP contribution < -0.4 is 0 Å². The number of ether oxygens (including phenoxy) is 1. The van der Waals surface area contributed by atoms with Crippen LogP contribution in [0.1, 0.15) is 46.0 Å². The molecule has 1 fully saturated rings. The molecule has 1 saturated carbocycles. The Kier molecular flexibility index (Phi) is 5.70. The van der Waals surface area contributed by atoms with Gasteiger partial charge in [-0.1, -0.05) is 57.6 Å². The molecule has 0 saturated heterocycles. The van der Waals surface area contributed by atoms with E-state index in [1.54, 1.807) is 6.08 Å². The Bertz CT molecular complexity index is 282. The Morgan fingerprint density at radius 1 is 1.29 bits per heavy atom. The lowest BCUT2D eigenvalue weighted by atomic mass is 9.72. The van der Waals surface area contributed by atoms with Crippen molar-refractivity contribution in [3.8, 4) is 0 Å². The van der Waals surface area contributed by atoms with Crippen LogP contribution in [0.3, 0.4) is 0 Å². The van der Waals surface area contributed by atoms with Gasteiger partial charge in [0.1, 0.15) is 0 Å². The Balaban J connectivity index is 2.47. The highest BCUT2D eigenvalue weighted by Crippen LogP contribution is 2.40. The molecular formula is C16H26O. The molecule has 0 aromatic carbocycles. The fraction of sp³-hybridized carbons (Fsp3) is 0.625. The Morgan fingerprint density at radius 3 is 2.47 bits per heavy atom. The maximum atomic E-state index is 6.00. The average molecular weight is 234 g/mol. The fourth-order valence-corrected chi connectivity index (χ4v) is 2.51. The lowest BCUT2D eigenvalue weighted by Crippen LogP contribution is -2.34. The van der Waals surface area contributed by atoms with Crippen molar-refractivity contribution < 1.29 is 4.74 Å². The second-order valence-electron chi connectivity index (χ2n) is 5.35. The van der Waals surface area contributed by atoms with Crippen LogP contribution in [0.2, 0.25) is 0 Å². The van der Waals surface area contributed by atoms with Crippen molar-refractivity contribution in [2.75, 3.05) is 6.61 Å². The summed E-state index contributed by atoms with van der Waals surface area (Å²) in [5, 5.41) is 0. The fourth-order valence-electron chi connectivity index (χ4n) is 2.51. The molecule has 1 unspecified atom stereocenters. The van der Waals surface area contributed by atoms with Gasteiger partial charge >= 0.3 is 0 Å². The smallest absolute Gasteiger partial charge is 0.0720 e. The highest BCUT2D eigenvalue weighted by atomic mass is 16.5. The van der Waals surface area contributed by atoms with E-state index in [-0.39, 0.29) is 0 Å². The van der Waals surface area contributed by atoms with E-state index in [0.29, 0.717) is 18.1 Å². The van der Waals surface area contributed by atoms with E-state index >= 15 is 0 Å². The number of hydrogen-bond acceptors (Lipinski definition) is 1. The highest BCUT2D eigenvalue weighted by molar-refractivity contribution is 5.21. The van der Waals surface area contributed by atoms with Crippen molar-refractivity contribution in [1.29, 1.82) is 0 Å². The molecule has 0 heterocycles. The van der Waals surface area contributed by atoms with Gasteiger partial charge in [0.25, 0.3) is 0 Å². The highest BCUT2D eigenvalue weighted by Gasteiger charge is 2.33. The number of hydrogen-bond donors (Lipinski definition) is 0. The molecule has 0 spiro atoms. The third kappa shape index (κ3) is 4.16. The second kappa shape index (κ2) is 6.80. The van der Waals surface area contributed by atoms with E-state index in [1.165, 1.54) is 32.1 Å². The van der Waals surface area contributed by atoms with Gasteiger partial charge in [0.05, 0.1) is 12.7 Å². The van der Waals surface area contributed by atoms with Crippen LogP contribution in [0.15, 0.2) is 37.0 Å². The SMILES string of the molecule is C=C/C=C(\C=C)COC(C)C1(C)CCCCC1. The van der Waals surface area contributed by atoms with Crippen molar-refractivity contribution in [2.24, 2.45) is 5.41 Å². The molecule has 0 N–H and O–H groups in total. The lowest BCUT2D eigenvalue weighted by Gasteiger charge is -2.38. The average Bonchev–Trinajstić information content (AvgIpc) is 2.35. The van der Waals surface area contributed by atoms with Crippen LogP contribution in [-0.2, 0) is 4.74 Å². The first-order valence-electron chi connectivity index (χ1n) is 6.68. The third-order valence-electron chi connectivity index (χ3n) is 4.07. The van der Waals surface area contributed by atoms with Crippen molar-refractivity contribution in [3.05, 3.63) is 37.0 Å². The van der Waals surface area contributed by atoms with Crippen molar-refractivity contribution in [1.82, 2.24) is 0 Å². The zero-order chi connectivity index (χ0) is 12.7. The summed E-state index contributed by atoms with van der Waals surface area (Å²) in [6.45, 7) is 12.7. The standard InChI is InChI=1S/C16H26O/c1-5-10-15(6-2)13-17-14(3)16(4)11-8-7-9-12-16/h5-6,10,14H,1-2,7-9,11-13H2,3-4H3/b15-10+. The first kappa shape index (κ1) is 14.2. The summed E-state index contributed by atoms with van der Waals surface area (Å²) in [5.41, 5.74) is 1.46. The molecule has 1 atom stereocenters. The van der Waals surface area contributed by atoms with Crippen LogP contribution in [0.4, 0.5) is 0 Å². The predicted molar refractivity (Wildman–Crippen MR) is 75.1 cm³/mol. The summed E-state index contributed by atoms with van der Waals surface area (Å²) in [6.07, 6.45) is 12.6. The first-order valence-corrected chi connectivity index (χ1v) is 6.68. The molecule has 0 amide bonds. The van der Waals surface area contributed by atoms with Crippen molar-refractivity contribution >= 4 is 0 Å². The van der Waals surface area contributed by atoms with Gasteiger partial charge in [0.15, 0.2) is 0 Å². The molecule has 0 aromatic rings. The van der Waals surface area contributed by atoms with Crippen molar-refractivity contribution in [3.63, 3.8) is 0 Å². The Labute approximate surface area is 106 Å². The van der Waals surface area contributed by atoms with Gasteiger partial charge in [0.2, 0.25) is 0 Å². The molecule has 1 heteroatoms. The molecular weight excluding hydrogens is 208 g/mol. The van der Waals surface area contributed by atoms with Gasteiger partial charge in [0, 0.05) is 0 Å². The molecule has 17 heavy (non-hydrogen) atoms. The molecule has 96 valence electrons. The predicted octanol–water partition coefficient (Wildman–Crippen LogP) is 4.66. The minimum atomic E-state index is 0.316. The zero-order valence-corrected chi connectivity index (χ0v) is 11.4. The molecule has 0 bridgehead atoms. The summed E-state index contributed by atoms with van der Waals surface area (Å²) in [7, 11) is 0. The van der Waals surface area contributed by atoms with Crippen LogP contribution >= 0.6 is 0 Å². The third-order valence-corrected chi connectivity index (χ3v) is 4.07. The van der Waals surface area contributed by atoms with Crippen LogP contribution in [0.5, 0.6) is 0 Å². The second-order valence-corrected chi connectivity index (χ2v) is 5.35. The van der Waals surface area contributed by atoms with Crippen LogP contribution in [0, 0.1) is 5.41 Å². The molecule has 0 aliphatic heterocycles. The quantitative estimate of drug-likeness (QED) is 0.607. The molecule has 1 nitrogen and oxygen atoms in total. The summed E-state index contributed by atoms with van der Waals surface area (Å²) in [6, 6.07) is 0. The van der Waals surface area contributed by atoms with Crippen molar-refractivity contribution in [2.45, 2.75) is 52.1 Å². The van der Waals surface area contributed by atoms with E-state index in [9.17, 15) is 0 Å². The van der Waals surface area contributed by atoms with E-state index in [2.05, 4.69) is 27.0 Å². The van der Waals surface area contributed by atoms with Gasteiger partial charge in [-0.25, -0.2) is 0 Å². The maximum absolute atomic E-state index is 6.00. The van der Waals surface area contributed by atoms with E-state index in [4.69, 9.17) is 4.74 Å². The Morgan fingerprint density at radius 2 is 1.94 bits per heavy atom. The Hall–Kier alpha value is -0.820. The molecule has 1 aliphatic carbocycles. The molecule has 0 radical (unpaired) electrons. The van der Waals surface area contributed by atoms with Gasteiger partial charge in [-0.05, 0) is 30.8 Å². The molecule has 1 aliphatic rings. The van der Waals surface area contributed by atoms with Gasteiger partial charge in [-0.15, -0.1) is 0 Å². The van der Waals surface area contributed by atoms with Crippen LogP contribution in [0.25, 0.3) is 0 Å². The minimum Gasteiger partial charge on any atom is -0.373 e. The molecule has 0 aromatic heterocycles. The topological polar surface area (TPSA) is 9.23 Å². The molecule has 1 rings (SSSR count). The first-order chi connectivity index (χ1) is 8.12. The normalized spacial score (nSPS) is 21.9. The monoisotopic (exact) mass is 234 g/mol. The van der Waals surface area contributed by atoms with Gasteiger partial charge in [-0.3, -0.25) is 0 Å². The zero-order valence-electron chi connectivity index (χ0n) is 11.4. The summed E-state index contributed by atoms with van der Waals surface area (Å²) < 4.78 is 6.00. The van der Waals surface area contributed by atoms with Gasteiger partial charge in [-0.2, -0.15) is 0 Å². The van der Waals surface area contributed by atoms with Crippen LogP contribution in [-0.4, -0.2) is 12.7 Å². The summed E-state index contributed by atoms with van der Waals surface area (Å²) in [5.74, 6) is 0. The lowest BCUT2D eigenvalue weighted by molar-refractivity contribution is -0.0289. The number of rotatable bonds is 6. The van der Waals surface area contributed by atoms with E-state index in [0.717, 1.165) is 5.57 Å². The van der Waals surface area contributed by atoms with E-state index < -0.39 is 0 Å². The summed E-state index contributed by atoms with van der Waals surface area (Å²) in [4.78, 5) is 0. The largest absolute Gasteiger partial charge is 0.373 e. The number of allylic oxidation sites excluding steroid dienone is 2.